The van der Waals surface area contributed by atoms with Crippen LogP contribution < -0.4 is 0 Å². The van der Waals surface area contributed by atoms with E-state index in [1.54, 1.807) is 6.07 Å². The molecule has 0 saturated heterocycles. The molecule has 2 aromatic rings. The van der Waals surface area contributed by atoms with Crippen molar-refractivity contribution in [3.63, 3.8) is 0 Å². The minimum absolute atomic E-state index is 0.263. The van der Waals surface area contributed by atoms with Crippen LogP contribution in [-0.4, -0.2) is 9.78 Å². The molecule has 0 spiro atoms. The fourth-order valence-electron chi connectivity index (χ4n) is 1.80. The van der Waals surface area contributed by atoms with Gasteiger partial charge < -0.3 is 0 Å². The van der Waals surface area contributed by atoms with E-state index < -0.39 is 0 Å². The predicted molar refractivity (Wildman–Crippen MR) is 77.0 cm³/mol. The summed E-state index contributed by atoms with van der Waals surface area (Å²) in [6, 6.07) is 9.38. The number of aromatic nitrogens is 2. The van der Waals surface area contributed by atoms with Crippen LogP contribution in [-0.2, 0) is 5.41 Å². The van der Waals surface area contributed by atoms with Crippen LogP contribution in [0.5, 0.6) is 0 Å². The van der Waals surface area contributed by atoms with Gasteiger partial charge in [0.15, 0.2) is 5.15 Å². The molecule has 0 radical (unpaired) electrons. The second-order valence-electron chi connectivity index (χ2n) is 5.24. The molecule has 5 heteroatoms. The van der Waals surface area contributed by atoms with Crippen molar-refractivity contribution in [3.8, 4) is 11.8 Å². The van der Waals surface area contributed by atoms with Crippen molar-refractivity contribution in [3.05, 3.63) is 45.7 Å². The van der Waals surface area contributed by atoms with Gasteiger partial charge in [0.2, 0.25) is 0 Å². The highest BCUT2D eigenvalue weighted by atomic mass is 35.5. The molecule has 0 amide bonds. The Balaban J connectivity index is 2.72. The summed E-state index contributed by atoms with van der Waals surface area (Å²) in [7, 11) is 0. The molecule has 0 atom stereocenters. The van der Waals surface area contributed by atoms with Crippen molar-refractivity contribution in [2.24, 2.45) is 0 Å². The van der Waals surface area contributed by atoms with Crippen molar-refractivity contribution in [1.29, 1.82) is 5.26 Å². The first-order valence-electron chi connectivity index (χ1n) is 5.80. The number of nitriles is 1. The molecule has 1 aromatic heterocycles. The summed E-state index contributed by atoms with van der Waals surface area (Å²) in [5.41, 5.74) is 1.47. The highest BCUT2D eigenvalue weighted by Gasteiger charge is 2.27. The molecule has 19 heavy (non-hydrogen) atoms. The van der Waals surface area contributed by atoms with Gasteiger partial charge >= 0.3 is 0 Å². The summed E-state index contributed by atoms with van der Waals surface area (Å²) in [4.78, 5) is 0. The van der Waals surface area contributed by atoms with Gasteiger partial charge in [-0.1, -0.05) is 56.1 Å². The quantitative estimate of drug-likeness (QED) is 0.784. The van der Waals surface area contributed by atoms with Crippen LogP contribution in [0.3, 0.4) is 0 Å². The third-order valence-electron chi connectivity index (χ3n) is 2.73. The van der Waals surface area contributed by atoms with Gasteiger partial charge in [0.25, 0.3) is 0 Å². The highest BCUT2D eigenvalue weighted by Crippen LogP contribution is 2.32. The van der Waals surface area contributed by atoms with Crippen LogP contribution in [0.2, 0.25) is 10.2 Å². The Morgan fingerprint density at radius 3 is 2.32 bits per heavy atom. The maximum Gasteiger partial charge on any atom is 0.151 e. The third kappa shape index (κ3) is 2.47. The van der Waals surface area contributed by atoms with Crippen molar-refractivity contribution in [1.82, 2.24) is 9.78 Å². The van der Waals surface area contributed by atoms with Gasteiger partial charge in [0.05, 0.1) is 16.4 Å². The predicted octanol–water partition coefficient (Wildman–Crippen LogP) is 4.35. The lowest BCUT2D eigenvalue weighted by molar-refractivity contribution is 0.559. The molecule has 0 bridgehead atoms. The van der Waals surface area contributed by atoms with E-state index in [1.807, 2.05) is 39.0 Å². The standard InChI is InChI=1S/C14H13Cl2N3/c1-14(2,3)12-9(8-17)13(16)19(18-12)11-7-5-4-6-10(11)15/h4-7H,1-3H3. The van der Waals surface area contributed by atoms with Crippen molar-refractivity contribution >= 4 is 23.2 Å². The van der Waals surface area contributed by atoms with E-state index in [0.717, 1.165) is 0 Å². The monoisotopic (exact) mass is 293 g/mol. The number of hydrogen-bond donors (Lipinski definition) is 0. The average molecular weight is 294 g/mol. The molecule has 2 rings (SSSR count). The second kappa shape index (κ2) is 4.88. The first kappa shape index (κ1) is 13.9. The molecule has 0 aliphatic rings. The fourth-order valence-corrected chi connectivity index (χ4v) is 2.28. The smallest absolute Gasteiger partial charge is 0.151 e. The number of nitrogens with zero attached hydrogens (tertiary/aromatic N) is 3. The summed E-state index contributed by atoms with van der Waals surface area (Å²) < 4.78 is 1.52. The zero-order valence-corrected chi connectivity index (χ0v) is 12.4. The minimum atomic E-state index is -0.263. The minimum Gasteiger partial charge on any atom is -0.219 e. The van der Waals surface area contributed by atoms with Crippen LogP contribution in [0, 0.1) is 11.3 Å². The zero-order valence-electron chi connectivity index (χ0n) is 10.9. The van der Waals surface area contributed by atoms with Crippen LogP contribution in [0.4, 0.5) is 0 Å². The Labute approximate surface area is 122 Å². The average Bonchev–Trinajstić information content (AvgIpc) is 2.67. The van der Waals surface area contributed by atoms with Crippen LogP contribution in [0.25, 0.3) is 5.69 Å². The lowest BCUT2D eigenvalue weighted by Crippen LogP contribution is -2.14. The molecule has 0 aliphatic heterocycles. The molecule has 1 heterocycles. The molecular formula is C14H13Cl2N3. The normalized spacial score (nSPS) is 11.4. The van der Waals surface area contributed by atoms with Crippen LogP contribution in [0.1, 0.15) is 32.0 Å². The highest BCUT2D eigenvalue weighted by molar-refractivity contribution is 6.33. The number of benzene rings is 1. The summed E-state index contributed by atoms with van der Waals surface area (Å²) in [5, 5.41) is 14.6. The largest absolute Gasteiger partial charge is 0.219 e. The van der Waals surface area contributed by atoms with E-state index in [-0.39, 0.29) is 5.41 Å². The van der Waals surface area contributed by atoms with Gasteiger partial charge in [-0.3, -0.25) is 0 Å². The van der Waals surface area contributed by atoms with Gasteiger partial charge in [-0.25, -0.2) is 4.68 Å². The van der Waals surface area contributed by atoms with E-state index in [0.29, 0.717) is 27.1 Å². The van der Waals surface area contributed by atoms with Crippen LogP contribution >= 0.6 is 23.2 Å². The molecule has 0 saturated carbocycles. The number of halogens is 2. The molecule has 3 nitrogen and oxygen atoms in total. The van der Waals surface area contributed by atoms with Gasteiger partial charge in [-0.15, -0.1) is 0 Å². The van der Waals surface area contributed by atoms with Crippen molar-refractivity contribution < 1.29 is 0 Å². The van der Waals surface area contributed by atoms with Crippen molar-refractivity contribution in [2.75, 3.05) is 0 Å². The summed E-state index contributed by atoms with van der Waals surface area (Å²) in [6.07, 6.45) is 0. The molecule has 1 aromatic carbocycles. The van der Waals surface area contributed by atoms with E-state index >= 15 is 0 Å². The number of rotatable bonds is 1. The molecule has 0 N–H and O–H groups in total. The first-order chi connectivity index (χ1) is 8.86. The SMILES string of the molecule is CC(C)(C)c1nn(-c2ccccc2Cl)c(Cl)c1C#N. The molecule has 0 unspecified atom stereocenters. The summed E-state index contributed by atoms with van der Waals surface area (Å²) in [6.45, 7) is 5.97. The summed E-state index contributed by atoms with van der Waals surface area (Å²) in [5.74, 6) is 0. The molecule has 98 valence electrons. The second-order valence-corrected chi connectivity index (χ2v) is 6.00. The van der Waals surface area contributed by atoms with Gasteiger partial charge in [-0.2, -0.15) is 10.4 Å². The Kier molecular flexibility index (Phi) is 3.58. The van der Waals surface area contributed by atoms with E-state index in [9.17, 15) is 5.26 Å². The zero-order chi connectivity index (χ0) is 14.2. The molecular weight excluding hydrogens is 281 g/mol. The Hall–Kier alpha value is -1.50. The Morgan fingerprint density at radius 1 is 1.21 bits per heavy atom. The van der Waals surface area contributed by atoms with E-state index in [4.69, 9.17) is 23.2 Å². The number of para-hydroxylation sites is 1. The third-order valence-corrected chi connectivity index (χ3v) is 3.40. The summed E-state index contributed by atoms with van der Waals surface area (Å²) >= 11 is 12.4. The van der Waals surface area contributed by atoms with E-state index in [2.05, 4.69) is 11.2 Å². The lowest BCUT2D eigenvalue weighted by Gasteiger charge is -2.15. The maximum absolute atomic E-state index is 9.27. The topological polar surface area (TPSA) is 41.6 Å². The van der Waals surface area contributed by atoms with Gasteiger partial charge in [0.1, 0.15) is 11.6 Å². The van der Waals surface area contributed by atoms with E-state index in [1.165, 1.54) is 4.68 Å². The van der Waals surface area contributed by atoms with Crippen LogP contribution in [0.15, 0.2) is 24.3 Å². The number of hydrogen-bond acceptors (Lipinski definition) is 2. The Bertz CT molecular complexity index is 660. The first-order valence-corrected chi connectivity index (χ1v) is 6.56. The van der Waals surface area contributed by atoms with Gasteiger partial charge in [-0.05, 0) is 12.1 Å². The van der Waals surface area contributed by atoms with Crippen molar-refractivity contribution in [2.45, 2.75) is 26.2 Å². The fraction of sp³-hybridized carbons (Fsp3) is 0.286. The Morgan fingerprint density at radius 2 is 1.84 bits per heavy atom. The van der Waals surface area contributed by atoms with Gasteiger partial charge in [0, 0.05) is 5.41 Å². The molecule has 0 fully saturated rings. The molecule has 0 aliphatic carbocycles. The lowest BCUT2D eigenvalue weighted by atomic mass is 9.90. The maximum atomic E-state index is 9.27.